The summed E-state index contributed by atoms with van der Waals surface area (Å²) in [6.45, 7) is 6.06. The molecular weight excluding hydrogens is 256 g/mol. The first kappa shape index (κ1) is 13.9. The summed E-state index contributed by atoms with van der Waals surface area (Å²) in [6.07, 6.45) is 1.67. The van der Waals surface area contributed by atoms with Crippen molar-refractivity contribution >= 4 is 5.97 Å². The Balaban J connectivity index is 2.64. The van der Waals surface area contributed by atoms with Gasteiger partial charge in [-0.3, -0.25) is 4.68 Å². The molecule has 2 aromatic rings. The van der Waals surface area contributed by atoms with E-state index in [4.69, 9.17) is 9.84 Å². The highest BCUT2D eigenvalue weighted by molar-refractivity contribution is 5.87. The molecule has 0 saturated carbocycles. The molecule has 0 unspecified atom stereocenters. The first-order valence-electron chi connectivity index (χ1n) is 6.14. The molecule has 1 aromatic carbocycles. The van der Waals surface area contributed by atoms with Gasteiger partial charge in [-0.1, -0.05) is 17.7 Å². The van der Waals surface area contributed by atoms with Gasteiger partial charge in [0.25, 0.3) is 0 Å². The van der Waals surface area contributed by atoms with E-state index in [1.807, 2.05) is 25.1 Å². The number of rotatable bonds is 5. The van der Waals surface area contributed by atoms with Gasteiger partial charge < -0.3 is 9.84 Å². The van der Waals surface area contributed by atoms with Crippen LogP contribution < -0.4 is 4.74 Å². The molecule has 0 fully saturated rings. The van der Waals surface area contributed by atoms with E-state index in [0.29, 0.717) is 18.0 Å². The van der Waals surface area contributed by atoms with Crippen LogP contribution in [0.4, 0.5) is 0 Å². The lowest BCUT2D eigenvalue weighted by Gasteiger charge is -2.10. The maximum atomic E-state index is 11.1. The van der Waals surface area contributed by atoms with Gasteiger partial charge in [-0.05, 0) is 25.1 Å². The molecule has 0 aliphatic carbocycles. The van der Waals surface area contributed by atoms with Crippen molar-refractivity contribution in [2.24, 2.45) is 0 Å². The van der Waals surface area contributed by atoms with E-state index in [1.54, 1.807) is 23.9 Å². The van der Waals surface area contributed by atoms with Crippen LogP contribution in [0.1, 0.15) is 16.1 Å². The van der Waals surface area contributed by atoms with Crippen molar-refractivity contribution in [3.8, 4) is 17.0 Å². The van der Waals surface area contributed by atoms with Crippen LogP contribution in [-0.4, -0.2) is 28.0 Å². The molecule has 5 nitrogen and oxygen atoms in total. The van der Waals surface area contributed by atoms with Crippen molar-refractivity contribution in [3.05, 3.63) is 48.2 Å². The van der Waals surface area contributed by atoms with Gasteiger partial charge in [0.05, 0.1) is 19.3 Å². The molecule has 0 spiro atoms. The number of carboxylic acids is 1. The molecule has 0 amide bonds. The predicted molar refractivity (Wildman–Crippen MR) is 76.1 cm³/mol. The number of carbonyl (C=O) groups is 1. The zero-order valence-corrected chi connectivity index (χ0v) is 11.5. The summed E-state index contributed by atoms with van der Waals surface area (Å²) in [6, 6.07) is 7.29. The van der Waals surface area contributed by atoms with E-state index in [2.05, 4.69) is 11.7 Å². The highest BCUT2D eigenvalue weighted by Gasteiger charge is 2.17. The van der Waals surface area contributed by atoms with Crippen molar-refractivity contribution in [1.82, 2.24) is 9.78 Å². The Morgan fingerprint density at radius 1 is 1.50 bits per heavy atom. The highest BCUT2D eigenvalue weighted by Crippen LogP contribution is 2.31. The molecule has 1 heterocycles. The summed E-state index contributed by atoms with van der Waals surface area (Å²) in [4.78, 5) is 11.1. The van der Waals surface area contributed by atoms with E-state index in [-0.39, 0.29) is 5.69 Å². The Labute approximate surface area is 117 Å². The van der Waals surface area contributed by atoms with E-state index in [9.17, 15) is 4.79 Å². The minimum Gasteiger partial charge on any atom is -0.496 e. The monoisotopic (exact) mass is 272 g/mol. The standard InChI is InChI=1S/C15H16N2O3/c1-4-7-17-13(9-12(16-17)15(18)19)11-8-10(2)5-6-14(11)20-3/h4-6,8-9H,1,7H2,2-3H3,(H,18,19). The van der Waals surface area contributed by atoms with Crippen molar-refractivity contribution in [2.45, 2.75) is 13.5 Å². The van der Waals surface area contributed by atoms with Crippen molar-refractivity contribution in [1.29, 1.82) is 0 Å². The molecule has 1 aromatic heterocycles. The third-order valence-electron chi connectivity index (χ3n) is 2.93. The molecule has 5 heteroatoms. The third-order valence-corrected chi connectivity index (χ3v) is 2.93. The molecule has 2 rings (SSSR count). The molecule has 20 heavy (non-hydrogen) atoms. The summed E-state index contributed by atoms with van der Waals surface area (Å²) in [5.41, 5.74) is 2.58. The van der Waals surface area contributed by atoms with Gasteiger partial charge in [-0.2, -0.15) is 5.10 Å². The summed E-state index contributed by atoms with van der Waals surface area (Å²) < 4.78 is 6.95. The Hall–Kier alpha value is -2.56. The quantitative estimate of drug-likeness (QED) is 0.850. The lowest BCUT2D eigenvalue weighted by atomic mass is 10.1. The number of benzene rings is 1. The Kier molecular flexibility index (Phi) is 3.89. The average molecular weight is 272 g/mol. The normalized spacial score (nSPS) is 10.3. The second kappa shape index (κ2) is 5.61. The maximum Gasteiger partial charge on any atom is 0.356 e. The Bertz CT molecular complexity index is 659. The van der Waals surface area contributed by atoms with Gasteiger partial charge in [0.1, 0.15) is 5.75 Å². The van der Waals surface area contributed by atoms with E-state index < -0.39 is 5.97 Å². The van der Waals surface area contributed by atoms with Crippen LogP contribution in [-0.2, 0) is 6.54 Å². The zero-order chi connectivity index (χ0) is 14.7. The lowest BCUT2D eigenvalue weighted by molar-refractivity contribution is 0.0689. The fourth-order valence-corrected chi connectivity index (χ4v) is 2.02. The van der Waals surface area contributed by atoms with Gasteiger partial charge in [-0.25, -0.2) is 4.79 Å². The summed E-state index contributed by atoms with van der Waals surface area (Å²) in [5.74, 6) is -0.376. The minimum absolute atomic E-state index is 0.00501. The van der Waals surface area contributed by atoms with E-state index in [1.165, 1.54) is 0 Å². The van der Waals surface area contributed by atoms with Gasteiger partial charge in [-0.15, -0.1) is 6.58 Å². The highest BCUT2D eigenvalue weighted by atomic mass is 16.5. The smallest absolute Gasteiger partial charge is 0.356 e. The number of aromatic carboxylic acids is 1. The fraction of sp³-hybridized carbons (Fsp3) is 0.200. The summed E-state index contributed by atoms with van der Waals surface area (Å²) in [7, 11) is 1.58. The van der Waals surface area contributed by atoms with Crippen LogP contribution >= 0.6 is 0 Å². The molecule has 0 bridgehead atoms. The number of aromatic nitrogens is 2. The molecule has 0 atom stereocenters. The predicted octanol–water partition coefficient (Wildman–Crippen LogP) is 2.75. The van der Waals surface area contributed by atoms with Gasteiger partial charge >= 0.3 is 5.97 Å². The van der Waals surface area contributed by atoms with Crippen LogP contribution in [0.3, 0.4) is 0 Å². The van der Waals surface area contributed by atoms with Crippen molar-refractivity contribution in [3.63, 3.8) is 0 Å². The topological polar surface area (TPSA) is 64.4 Å². The molecule has 104 valence electrons. The molecular formula is C15H16N2O3. The molecule has 0 saturated heterocycles. The number of allylic oxidation sites excluding steroid dienone is 1. The number of hydrogen-bond acceptors (Lipinski definition) is 3. The maximum absolute atomic E-state index is 11.1. The van der Waals surface area contributed by atoms with E-state index >= 15 is 0 Å². The van der Waals surface area contributed by atoms with Crippen LogP contribution in [0.25, 0.3) is 11.3 Å². The zero-order valence-electron chi connectivity index (χ0n) is 11.5. The number of carboxylic acid groups (broad SMARTS) is 1. The van der Waals surface area contributed by atoms with E-state index in [0.717, 1.165) is 11.1 Å². The van der Waals surface area contributed by atoms with Crippen LogP contribution in [0.15, 0.2) is 36.9 Å². The number of hydrogen-bond donors (Lipinski definition) is 1. The first-order chi connectivity index (χ1) is 9.56. The van der Waals surface area contributed by atoms with Gasteiger partial charge in [0.2, 0.25) is 0 Å². The first-order valence-corrected chi connectivity index (χ1v) is 6.14. The second-order valence-corrected chi connectivity index (χ2v) is 4.39. The van der Waals surface area contributed by atoms with Gasteiger partial charge in [0.15, 0.2) is 5.69 Å². The number of methoxy groups -OCH3 is 1. The Morgan fingerprint density at radius 3 is 2.85 bits per heavy atom. The van der Waals surface area contributed by atoms with Crippen LogP contribution in [0, 0.1) is 6.92 Å². The van der Waals surface area contributed by atoms with Crippen LogP contribution in [0.2, 0.25) is 0 Å². The van der Waals surface area contributed by atoms with Crippen molar-refractivity contribution < 1.29 is 14.6 Å². The molecule has 0 radical (unpaired) electrons. The minimum atomic E-state index is -1.05. The molecule has 0 aliphatic rings. The summed E-state index contributed by atoms with van der Waals surface area (Å²) >= 11 is 0. The van der Waals surface area contributed by atoms with Crippen LogP contribution in [0.5, 0.6) is 5.75 Å². The molecule has 0 aliphatic heterocycles. The second-order valence-electron chi connectivity index (χ2n) is 4.39. The van der Waals surface area contributed by atoms with Crippen molar-refractivity contribution in [2.75, 3.05) is 7.11 Å². The number of ether oxygens (including phenoxy) is 1. The number of nitrogens with zero attached hydrogens (tertiary/aromatic N) is 2. The lowest BCUT2D eigenvalue weighted by Crippen LogP contribution is -2.03. The summed E-state index contributed by atoms with van der Waals surface area (Å²) in [5, 5.41) is 13.2. The Morgan fingerprint density at radius 2 is 2.25 bits per heavy atom. The SMILES string of the molecule is C=CCn1nc(C(=O)O)cc1-c1cc(C)ccc1OC. The van der Waals surface area contributed by atoms with Gasteiger partial charge in [0, 0.05) is 5.56 Å². The third kappa shape index (κ3) is 2.56. The number of aryl methyl sites for hydroxylation is 1. The largest absolute Gasteiger partial charge is 0.496 e. The molecule has 1 N–H and O–H groups in total. The average Bonchev–Trinajstić information content (AvgIpc) is 2.83. The fourth-order valence-electron chi connectivity index (χ4n) is 2.02.